The van der Waals surface area contributed by atoms with Crippen LogP contribution in [0.3, 0.4) is 0 Å². The van der Waals surface area contributed by atoms with Gasteiger partial charge in [0.2, 0.25) is 5.89 Å². The summed E-state index contributed by atoms with van der Waals surface area (Å²) in [6.45, 7) is 10.0. The van der Waals surface area contributed by atoms with Crippen LogP contribution in [-0.4, -0.2) is 10.9 Å². The van der Waals surface area contributed by atoms with Crippen molar-refractivity contribution in [1.82, 2.24) is 4.98 Å². The molecule has 0 saturated carbocycles. The van der Waals surface area contributed by atoms with Gasteiger partial charge in [0.1, 0.15) is 5.52 Å². The molecule has 29 heavy (non-hydrogen) atoms. The van der Waals surface area contributed by atoms with E-state index in [0.29, 0.717) is 11.5 Å². The molecular weight excluding hydrogens is 360 g/mol. The Bertz CT molecular complexity index is 1250. The molecule has 0 aliphatic heterocycles. The number of aromatic nitrogens is 1. The summed E-state index contributed by atoms with van der Waals surface area (Å²) in [6, 6.07) is 15.8. The lowest BCUT2D eigenvalue weighted by molar-refractivity contribution is 0.102. The molecule has 0 fully saturated rings. The van der Waals surface area contributed by atoms with E-state index >= 15 is 0 Å². The van der Waals surface area contributed by atoms with Crippen LogP contribution in [0, 0.1) is 34.6 Å². The molecule has 0 unspecified atom stereocenters. The first-order valence-corrected chi connectivity index (χ1v) is 9.69. The molecule has 0 aliphatic rings. The lowest BCUT2D eigenvalue weighted by atomic mass is 10.0. The molecule has 0 bridgehead atoms. The van der Waals surface area contributed by atoms with Gasteiger partial charge < -0.3 is 9.73 Å². The number of hydrogen-bond donors (Lipinski definition) is 1. The summed E-state index contributed by atoms with van der Waals surface area (Å²) in [7, 11) is 0. The Labute approximate surface area is 170 Å². The normalized spacial score (nSPS) is 11.1. The molecule has 1 aromatic heterocycles. The van der Waals surface area contributed by atoms with Crippen molar-refractivity contribution in [3.63, 3.8) is 0 Å². The molecule has 3 aromatic carbocycles. The van der Waals surface area contributed by atoms with Crippen LogP contribution in [0.5, 0.6) is 0 Å². The topological polar surface area (TPSA) is 55.1 Å². The van der Waals surface area contributed by atoms with Gasteiger partial charge in [-0.3, -0.25) is 4.79 Å². The van der Waals surface area contributed by atoms with Crippen LogP contribution in [0.4, 0.5) is 5.69 Å². The zero-order valence-corrected chi connectivity index (χ0v) is 17.4. The molecule has 1 N–H and O–H groups in total. The fourth-order valence-corrected chi connectivity index (χ4v) is 3.65. The van der Waals surface area contributed by atoms with E-state index < -0.39 is 0 Å². The zero-order valence-electron chi connectivity index (χ0n) is 17.4. The van der Waals surface area contributed by atoms with Gasteiger partial charge in [0.15, 0.2) is 5.58 Å². The lowest BCUT2D eigenvalue weighted by Gasteiger charge is -2.11. The van der Waals surface area contributed by atoms with Crippen LogP contribution in [-0.2, 0) is 0 Å². The number of carbonyl (C=O) groups excluding carboxylic acids is 1. The van der Waals surface area contributed by atoms with E-state index in [0.717, 1.165) is 50.2 Å². The maximum absolute atomic E-state index is 12.8. The van der Waals surface area contributed by atoms with E-state index in [-0.39, 0.29) is 5.91 Å². The minimum atomic E-state index is -0.119. The molecule has 0 atom stereocenters. The minimum Gasteiger partial charge on any atom is -0.436 e. The number of nitrogens with one attached hydrogen (secondary N) is 1. The number of fused-ring (bicyclic) bond motifs is 1. The van der Waals surface area contributed by atoms with Crippen molar-refractivity contribution in [2.24, 2.45) is 0 Å². The van der Waals surface area contributed by atoms with Crippen molar-refractivity contribution in [2.75, 3.05) is 5.32 Å². The van der Waals surface area contributed by atoms with E-state index in [1.165, 1.54) is 0 Å². The number of oxazole rings is 1. The number of carbonyl (C=O) groups is 1. The van der Waals surface area contributed by atoms with Gasteiger partial charge in [0.25, 0.3) is 5.91 Å². The van der Waals surface area contributed by atoms with Crippen molar-refractivity contribution in [2.45, 2.75) is 34.6 Å². The average molecular weight is 384 g/mol. The summed E-state index contributed by atoms with van der Waals surface area (Å²) in [5.41, 5.74) is 9.20. The summed E-state index contributed by atoms with van der Waals surface area (Å²) in [4.78, 5) is 17.5. The Kier molecular flexibility index (Phi) is 4.71. The van der Waals surface area contributed by atoms with Crippen molar-refractivity contribution < 1.29 is 9.21 Å². The van der Waals surface area contributed by atoms with E-state index in [2.05, 4.69) is 16.4 Å². The summed E-state index contributed by atoms with van der Waals surface area (Å²) < 4.78 is 6.03. The SMILES string of the molecule is Cc1ccc(C(=O)Nc2cc(-c3nc4cc(C)cc(C)c4o3)ccc2C)c(C)c1. The van der Waals surface area contributed by atoms with Gasteiger partial charge in [-0.1, -0.05) is 29.8 Å². The predicted molar refractivity (Wildman–Crippen MR) is 118 cm³/mol. The van der Waals surface area contributed by atoms with Crippen LogP contribution in [0.25, 0.3) is 22.6 Å². The summed E-state index contributed by atoms with van der Waals surface area (Å²) >= 11 is 0. The van der Waals surface area contributed by atoms with Crippen LogP contribution in [0.1, 0.15) is 38.2 Å². The average Bonchev–Trinajstić information content (AvgIpc) is 3.07. The van der Waals surface area contributed by atoms with E-state index in [1.54, 1.807) is 0 Å². The number of benzene rings is 3. The van der Waals surface area contributed by atoms with Crippen molar-refractivity contribution in [3.8, 4) is 11.5 Å². The summed E-state index contributed by atoms with van der Waals surface area (Å²) in [6.07, 6.45) is 0. The van der Waals surface area contributed by atoms with E-state index in [4.69, 9.17) is 4.42 Å². The molecule has 0 saturated heterocycles. The molecule has 146 valence electrons. The van der Waals surface area contributed by atoms with Gasteiger partial charge in [0.05, 0.1) is 0 Å². The summed E-state index contributed by atoms with van der Waals surface area (Å²) in [5, 5.41) is 3.04. The largest absolute Gasteiger partial charge is 0.436 e. The third-order valence-electron chi connectivity index (χ3n) is 5.18. The van der Waals surface area contributed by atoms with Crippen LogP contribution in [0.2, 0.25) is 0 Å². The molecule has 4 heteroatoms. The molecule has 4 nitrogen and oxygen atoms in total. The second-order valence-electron chi connectivity index (χ2n) is 7.75. The summed E-state index contributed by atoms with van der Waals surface area (Å²) in [5.74, 6) is 0.433. The fraction of sp³-hybridized carbons (Fsp3) is 0.200. The Morgan fingerprint density at radius 2 is 1.59 bits per heavy atom. The standard InChI is InChI=1S/C25H24N2O2/c1-14-6-9-20(17(4)10-14)24(28)26-21-13-19(8-7-16(21)3)25-27-22-12-15(2)11-18(5)23(22)29-25/h6-13H,1-5H3,(H,26,28). The Morgan fingerprint density at radius 3 is 2.34 bits per heavy atom. The number of amides is 1. The third-order valence-corrected chi connectivity index (χ3v) is 5.18. The Balaban J connectivity index is 1.69. The molecule has 4 aromatic rings. The van der Waals surface area contributed by atoms with Gasteiger partial charge in [0, 0.05) is 16.8 Å². The number of rotatable bonds is 3. The Morgan fingerprint density at radius 1 is 0.828 bits per heavy atom. The van der Waals surface area contributed by atoms with Gasteiger partial charge in [-0.05, 0) is 81.1 Å². The molecule has 0 spiro atoms. The molecule has 1 amide bonds. The lowest BCUT2D eigenvalue weighted by Crippen LogP contribution is -2.14. The number of aryl methyl sites for hydroxylation is 5. The monoisotopic (exact) mass is 384 g/mol. The second kappa shape index (κ2) is 7.21. The number of anilines is 1. The molecule has 0 aliphatic carbocycles. The highest BCUT2D eigenvalue weighted by molar-refractivity contribution is 6.06. The van der Waals surface area contributed by atoms with Crippen LogP contribution in [0.15, 0.2) is 52.9 Å². The zero-order chi connectivity index (χ0) is 20.7. The van der Waals surface area contributed by atoms with Gasteiger partial charge >= 0.3 is 0 Å². The van der Waals surface area contributed by atoms with Crippen molar-refractivity contribution >= 4 is 22.7 Å². The quantitative estimate of drug-likeness (QED) is 0.452. The number of hydrogen-bond acceptors (Lipinski definition) is 3. The van der Waals surface area contributed by atoms with Crippen molar-refractivity contribution in [1.29, 1.82) is 0 Å². The van der Waals surface area contributed by atoms with Gasteiger partial charge in [-0.25, -0.2) is 4.98 Å². The Hall–Kier alpha value is -3.40. The van der Waals surface area contributed by atoms with Crippen LogP contribution < -0.4 is 5.32 Å². The first kappa shape index (κ1) is 18.9. The van der Waals surface area contributed by atoms with E-state index in [9.17, 15) is 4.79 Å². The van der Waals surface area contributed by atoms with Gasteiger partial charge in [-0.15, -0.1) is 0 Å². The fourth-order valence-electron chi connectivity index (χ4n) is 3.65. The first-order chi connectivity index (χ1) is 13.8. The molecule has 0 radical (unpaired) electrons. The third kappa shape index (κ3) is 3.66. The van der Waals surface area contributed by atoms with Crippen LogP contribution >= 0.6 is 0 Å². The smallest absolute Gasteiger partial charge is 0.255 e. The molecule has 4 rings (SSSR count). The van der Waals surface area contributed by atoms with Crippen molar-refractivity contribution in [3.05, 3.63) is 81.9 Å². The number of nitrogens with zero attached hydrogens (tertiary/aromatic N) is 1. The predicted octanol–water partition coefficient (Wildman–Crippen LogP) is 6.29. The first-order valence-electron chi connectivity index (χ1n) is 9.69. The highest BCUT2D eigenvalue weighted by Crippen LogP contribution is 2.30. The minimum absolute atomic E-state index is 0.119. The highest BCUT2D eigenvalue weighted by atomic mass is 16.3. The second-order valence-corrected chi connectivity index (χ2v) is 7.75. The van der Waals surface area contributed by atoms with E-state index in [1.807, 2.05) is 77.1 Å². The van der Waals surface area contributed by atoms with Gasteiger partial charge in [-0.2, -0.15) is 0 Å². The maximum atomic E-state index is 12.8. The molecular formula is C25H24N2O2. The molecule has 1 heterocycles. The maximum Gasteiger partial charge on any atom is 0.255 e. The highest BCUT2D eigenvalue weighted by Gasteiger charge is 2.14.